The van der Waals surface area contributed by atoms with Crippen molar-refractivity contribution < 1.29 is 15.0 Å². The van der Waals surface area contributed by atoms with Crippen LogP contribution in [-0.2, 0) is 4.79 Å². The molecular formula is C19H26O3. The molecule has 0 heterocycles. The van der Waals surface area contributed by atoms with Crippen molar-refractivity contribution in [2.45, 2.75) is 58.5 Å². The number of fused-ring (bicyclic) bond motifs is 5. The van der Waals surface area contributed by atoms with Crippen molar-refractivity contribution in [3.8, 4) is 0 Å². The van der Waals surface area contributed by atoms with Gasteiger partial charge < -0.3 is 10.2 Å². The van der Waals surface area contributed by atoms with E-state index in [1.165, 1.54) is 5.57 Å². The maximum atomic E-state index is 12.4. The van der Waals surface area contributed by atoms with Crippen LogP contribution in [0.25, 0.3) is 0 Å². The van der Waals surface area contributed by atoms with Crippen LogP contribution >= 0.6 is 0 Å². The number of aliphatic hydroxyl groups excluding tert-OH is 2. The third-order valence-electron chi connectivity index (χ3n) is 7.39. The fourth-order valence-corrected chi connectivity index (χ4v) is 6.22. The molecule has 0 spiro atoms. The van der Waals surface area contributed by atoms with Crippen LogP contribution in [0.1, 0.15) is 52.4 Å². The SMILES string of the molecule is CC12C[C@@H](O)C3C(CC=C4C=C(O)CCC43C)C1CCC2=O. The molecule has 0 aromatic rings. The highest BCUT2D eigenvalue weighted by atomic mass is 16.3. The van der Waals surface area contributed by atoms with Crippen LogP contribution < -0.4 is 0 Å². The van der Waals surface area contributed by atoms with Crippen molar-refractivity contribution in [2.24, 2.45) is 28.6 Å². The molecule has 6 atom stereocenters. The molecule has 0 aliphatic heterocycles. The van der Waals surface area contributed by atoms with Gasteiger partial charge in [0.25, 0.3) is 0 Å². The standard InChI is InChI=1S/C19H26O3/c1-18-8-7-12(20)9-11(18)3-4-13-14-5-6-16(22)19(14,2)10-15(21)17(13)18/h3,9,13-15,17,20-21H,4-8,10H2,1-2H3/t13?,14?,15-,17?,18?,19?/m1/s1. The zero-order valence-corrected chi connectivity index (χ0v) is 13.5. The zero-order valence-electron chi connectivity index (χ0n) is 13.5. The molecule has 2 fully saturated rings. The first-order valence-corrected chi connectivity index (χ1v) is 8.68. The lowest BCUT2D eigenvalue weighted by Gasteiger charge is -2.57. The van der Waals surface area contributed by atoms with Crippen LogP contribution in [0.2, 0.25) is 0 Å². The van der Waals surface area contributed by atoms with E-state index in [4.69, 9.17) is 0 Å². The fourth-order valence-electron chi connectivity index (χ4n) is 6.22. The molecule has 0 saturated heterocycles. The fraction of sp³-hybridized carbons (Fsp3) is 0.737. The summed E-state index contributed by atoms with van der Waals surface area (Å²) in [6.45, 7) is 4.34. The average molecular weight is 302 g/mol. The van der Waals surface area contributed by atoms with Crippen LogP contribution in [0, 0.1) is 28.6 Å². The van der Waals surface area contributed by atoms with Gasteiger partial charge in [0.15, 0.2) is 0 Å². The molecule has 4 rings (SSSR count). The minimum atomic E-state index is -0.407. The number of allylic oxidation sites excluding steroid dienone is 4. The maximum Gasteiger partial charge on any atom is 0.139 e. The van der Waals surface area contributed by atoms with Gasteiger partial charge >= 0.3 is 0 Å². The third-order valence-corrected chi connectivity index (χ3v) is 7.39. The van der Waals surface area contributed by atoms with E-state index in [2.05, 4.69) is 19.9 Å². The number of carbonyl (C=O) groups excluding carboxylic acids is 1. The molecule has 3 heteroatoms. The van der Waals surface area contributed by atoms with Crippen LogP contribution in [0.4, 0.5) is 0 Å². The molecule has 3 nitrogen and oxygen atoms in total. The lowest BCUT2D eigenvalue weighted by molar-refractivity contribution is -0.143. The van der Waals surface area contributed by atoms with Gasteiger partial charge in [-0.3, -0.25) is 4.79 Å². The second-order valence-corrected chi connectivity index (χ2v) is 8.40. The summed E-state index contributed by atoms with van der Waals surface area (Å²) in [6.07, 6.45) is 8.60. The Morgan fingerprint density at radius 2 is 2.00 bits per heavy atom. The minimum Gasteiger partial charge on any atom is -0.512 e. The van der Waals surface area contributed by atoms with Crippen molar-refractivity contribution >= 4 is 5.78 Å². The average Bonchev–Trinajstić information content (AvgIpc) is 2.75. The number of aliphatic hydroxyl groups is 2. The van der Waals surface area contributed by atoms with Crippen molar-refractivity contribution in [1.82, 2.24) is 0 Å². The normalized spacial score (nSPS) is 50.6. The Kier molecular flexibility index (Phi) is 2.95. The van der Waals surface area contributed by atoms with Gasteiger partial charge in [-0.05, 0) is 60.5 Å². The summed E-state index contributed by atoms with van der Waals surface area (Å²) in [6, 6.07) is 0. The Labute approximate surface area is 132 Å². The van der Waals surface area contributed by atoms with Crippen molar-refractivity contribution in [2.75, 3.05) is 0 Å². The topological polar surface area (TPSA) is 57.5 Å². The lowest BCUT2D eigenvalue weighted by Crippen LogP contribution is -2.55. The first-order chi connectivity index (χ1) is 10.4. The number of ketones is 1. The molecule has 0 bridgehead atoms. The van der Waals surface area contributed by atoms with Crippen LogP contribution in [0.3, 0.4) is 0 Å². The molecular weight excluding hydrogens is 276 g/mol. The number of hydrogen-bond donors (Lipinski definition) is 2. The smallest absolute Gasteiger partial charge is 0.139 e. The third kappa shape index (κ3) is 1.69. The van der Waals surface area contributed by atoms with Crippen molar-refractivity contribution in [3.05, 3.63) is 23.5 Å². The Hall–Kier alpha value is -1.09. The zero-order chi connectivity index (χ0) is 15.7. The molecule has 2 saturated carbocycles. The number of hydrogen-bond acceptors (Lipinski definition) is 3. The summed E-state index contributed by atoms with van der Waals surface area (Å²) in [4.78, 5) is 12.4. The molecule has 4 aliphatic carbocycles. The van der Waals surface area contributed by atoms with E-state index in [1.807, 2.05) is 6.08 Å². The predicted molar refractivity (Wildman–Crippen MR) is 84.2 cm³/mol. The van der Waals surface area contributed by atoms with Crippen molar-refractivity contribution in [3.63, 3.8) is 0 Å². The first-order valence-electron chi connectivity index (χ1n) is 8.68. The van der Waals surface area contributed by atoms with E-state index in [0.717, 1.165) is 19.3 Å². The maximum absolute atomic E-state index is 12.4. The molecule has 0 aromatic heterocycles. The molecule has 0 aromatic carbocycles. The van der Waals surface area contributed by atoms with E-state index in [9.17, 15) is 15.0 Å². The molecule has 4 aliphatic rings. The van der Waals surface area contributed by atoms with Crippen LogP contribution in [0.15, 0.2) is 23.5 Å². The van der Waals surface area contributed by atoms with E-state index < -0.39 is 6.10 Å². The highest BCUT2D eigenvalue weighted by Gasteiger charge is 2.61. The highest BCUT2D eigenvalue weighted by molar-refractivity contribution is 5.87. The van der Waals surface area contributed by atoms with E-state index >= 15 is 0 Å². The number of carbonyl (C=O) groups is 1. The van der Waals surface area contributed by atoms with Crippen LogP contribution in [0.5, 0.6) is 0 Å². The molecule has 0 radical (unpaired) electrons. The Morgan fingerprint density at radius 1 is 1.23 bits per heavy atom. The molecule has 22 heavy (non-hydrogen) atoms. The second-order valence-electron chi connectivity index (χ2n) is 8.40. The number of rotatable bonds is 0. The van der Waals surface area contributed by atoms with Gasteiger partial charge in [-0.1, -0.05) is 19.9 Å². The molecule has 120 valence electrons. The quantitative estimate of drug-likeness (QED) is 0.719. The van der Waals surface area contributed by atoms with Gasteiger partial charge in [-0.2, -0.15) is 0 Å². The Bertz CT molecular complexity index is 589. The van der Waals surface area contributed by atoms with Gasteiger partial charge in [0, 0.05) is 18.3 Å². The highest BCUT2D eigenvalue weighted by Crippen LogP contribution is 2.63. The first kappa shape index (κ1) is 14.5. The largest absolute Gasteiger partial charge is 0.512 e. The number of Topliss-reactive ketones (excluding diaryl/α,β-unsaturated/α-hetero) is 1. The monoisotopic (exact) mass is 302 g/mol. The summed E-state index contributed by atoms with van der Waals surface area (Å²) in [5, 5.41) is 20.8. The Morgan fingerprint density at radius 3 is 2.77 bits per heavy atom. The van der Waals surface area contributed by atoms with Crippen molar-refractivity contribution in [1.29, 1.82) is 0 Å². The summed E-state index contributed by atoms with van der Waals surface area (Å²) >= 11 is 0. The summed E-state index contributed by atoms with van der Waals surface area (Å²) in [7, 11) is 0. The van der Waals surface area contributed by atoms with Gasteiger partial charge in [0.05, 0.1) is 11.9 Å². The summed E-state index contributed by atoms with van der Waals surface area (Å²) in [5.74, 6) is 1.87. The predicted octanol–water partition coefficient (Wildman–Crippen LogP) is 3.54. The van der Waals surface area contributed by atoms with Gasteiger partial charge in [0.1, 0.15) is 5.78 Å². The second kappa shape index (κ2) is 4.47. The molecule has 2 N–H and O–H groups in total. The Balaban J connectivity index is 1.78. The van der Waals surface area contributed by atoms with Crippen LogP contribution in [-0.4, -0.2) is 22.1 Å². The lowest BCUT2D eigenvalue weighted by atomic mass is 9.48. The van der Waals surface area contributed by atoms with Gasteiger partial charge in [-0.15, -0.1) is 0 Å². The summed E-state index contributed by atoms with van der Waals surface area (Å²) < 4.78 is 0. The van der Waals surface area contributed by atoms with Gasteiger partial charge in [0.2, 0.25) is 0 Å². The molecule has 0 amide bonds. The van der Waals surface area contributed by atoms with E-state index in [1.54, 1.807) is 0 Å². The molecule has 5 unspecified atom stereocenters. The summed E-state index contributed by atoms with van der Waals surface area (Å²) in [5.41, 5.74) is 0.834. The van der Waals surface area contributed by atoms with E-state index in [0.29, 0.717) is 42.6 Å². The van der Waals surface area contributed by atoms with Gasteiger partial charge in [-0.25, -0.2) is 0 Å². The van der Waals surface area contributed by atoms with E-state index in [-0.39, 0.29) is 16.7 Å². The minimum absolute atomic E-state index is 0.0540.